The van der Waals surface area contributed by atoms with Crippen molar-refractivity contribution in [2.45, 2.75) is 12.2 Å². The van der Waals surface area contributed by atoms with E-state index in [1.807, 2.05) is 0 Å². The molecule has 2 aromatic rings. The van der Waals surface area contributed by atoms with Crippen LogP contribution in [0.2, 0.25) is 0 Å². The number of Topliss-reactive ketones (excluding diaryl/α,β-unsaturated/α-hetero) is 1. The molecule has 1 aliphatic heterocycles. The van der Waals surface area contributed by atoms with Gasteiger partial charge in [0.25, 0.3) is 5.79 Å². The molecule has 0 spiro atoms. The van der Waals surface area contributed by atoms with Crippen molar-refractivity contribution in [2.24, 2.45) is 0 Å². The van der Waals surface area contributed by atoms with E-state index in [0.717, 1.165) is 0 Å². The van der Waals surface area contributed by atoms with Crippen molar-refractivity contribution in [1.29, 1.82) is 0 Å². The molecule has 0 bridgehead atoms. The van der Waals surface area contributed by atoms with Gasteiger partial charge in [-0.25, -0.2) is 0 Å². The minimum absolute atomic E-state index is 0.0900. The highest BCUT2D eigenvalue weighted by atomic mass is 16.6. The number of ether oxygens (including phenoxy) is 2. The molecule has 108 valence electrons. The van der Waals surface area contributed by atoms with Crippen LogP contribution in [0.1, 0.15) is 11.1 Å². The van der Waals surface area contributed by atoms with Gasteiger partial charge in [0.2, 0.25) is 5.78 Å². The average Bonchev–Trinajstić information content (AvgIpc) is 2.50. The van der Waals surface area contributed by atoms with Crippen LogP contribution in [0.3, 0.4) is 0 Å². The molecule has 0 saturated heterocycles. The number of carbonyl (C=O) groups excluding carboxylic acids is 1. The van der Waals surface area contributed by atoms with Crippen molar-refractivity contribution in [3.8, 4) is 17.2 Å². The van der Waals surface area contributed by atoms with Gasteiger partial charge in [-0.15, -0.1) is 0 Å². The fraction of sp³-hybridized carbons (Fsp3) is 0.188. The third-order valence-corrected chi connectivity index (χ3v) is 3.53. The van der Waals surface area contributed by atoms with Crippen molar-refractivity contribution >= 4 is 5.78 Å². The van der Waals surface area contributed by atoms with Crippen LogP contribution in [0.5, 0.6) is 17.2 Å². The minimum Gasteiger partial charge on any atom is -0.507 e. The Morgan fingerprint density at radius 3 is 2.62 bits per heavy atom. The van der Waals surface area contributed by atoms with E-state index in [-0.39, 0.29) is 17.9 Å². The van der Waals surface area contributed by atoms with Crippen molar-refractivity contribution in [3.63, 3.8) is 0 Å². The molecule has 3 rings (SSSR count). The second kappa shape index (κ2) is 4.79. The number of aromatic hydroxyl groups is 1. The molecule has 1 unspecified atom stereocenters. The monoisotopic (exact) mass is 286 g/mol. The number of hydrogen-bond acceptors (Lipinski definition) is 5. The van der Waals surface area contributed by atoms with Crippen LogP contribution in [0.4, 0.5) is 0 Å². The number of fused-ring (bicyclic) bond motifs is 1. The van der Waals surface area contributed by atoms with Gasteiger partial charge in [-0.05, 0) is 0 Å². The SMILES string of the molecule is COc1cc(O)c2c(c1)OC(O)(c1ccccc1)C(=O)C2. The molecule has 1 aliphatic rings. The van der Waals surface area contributed by atoms with Crippen LogP contribution < -0.4 is 9.47 Å². The lowest BCUT2D eigenvalue weighted by atomic mass is 9.92. The lowest BCUT2D eigenvalue weighted by Crippen LogP contribution is -2.45. The number of rotatable bonds is 2. The molecule has 0 aliphatic carbocycles. The molecule has 21 heavy (non-hydrogen) atoms. The first kappa shape index (κ1) is 13.5. The van der Waals surface area contributed by atoms with E-state index in [0.29, 0.717) is 16.9 Å². The normalized spacial score (nSPS) is 20.6. The summed E-state index contributed by atoms with van der Waals surface area (Å²) in [4.78, 5) is 12.3. The number of carbonyl (C=O) groups is 1. The highest BCUT2D eigenvalue weighted by Gasteiger charge is 2.45. The summed E-state index contributed by atoms with van der Waals surface area (Å²) < 4.78 is 10.6. The summed E-state index contributed by atoms with van der Waals surface area (Å²) in [6.07, 6.45) is -0.115. The topological polar surface area (TPSA) is 76.0 Å². The number of phenols is 1. The minimum atomic E-state index is -2.05. The highest BCUT2D eigenvalue weighted by Crippen LogP contribution is 2.42. The first-order valence-corrected chi connectivity index (χ1v) is 6.44. The van der Waals surface area contributed by atoms with Crippen LogP contribution in [0.15, 0.2) is 42.5 Å². The number of phenolic OH excluding ortho intramolecular Hbond substituents is 1. The summed E-state index contributed by atoms with van der Waals surface area (Å²) >= 11 is 0. The van der Waals surface area contributed by atoms with Crippen LogP contribution in [-0.2, 0) is 17.0 Å². The lowest BCUT2D eigenvalue weighted by molar-refractivity contribution is -0.179. The van der Waals surface area contributed by atoms with Gasteiger partial charge in [-0.1, -0.05) is 30.3 Å². The van der Waals surface area contributed by atoms with Crippen LogP contribution in [0.25, 0.3) is 0 Å². The number of benzene rings is 2. The molecule has 0 aromatic heterocycles. The van der Waals surface area contributed by atoms with Crippen LogP contribution in [-0.4, -0.2) is 23.1 Å². The molecule has 2 aromatic carbocycles. The van der Waals surface area contributed by atoms with Crippen molar-refractivity contribution in [2.75, 3.05) is 7.11 Å². The van der Waals surface area contributed by atoms with E-state index in [1.165, 1.54) is 19.2 Å². The molecule has 1 heterocycles. The maximum atomic E-state index is 12.3. The van der Waals surface area contributed by atoms with Gasteiger partial charge >= 0.3 is 0 Å². The zero-order chi connectivity index (χ0) is 15.0. The standard InChI is InChI=1S/C16H14O5/c1-20-11-7-13(17)12-9-15(18)16(19,21-14(12)8-11)10-5-3-2-4-6-10/h2-8,17,19H,9H2,1H3. The number of aliphatic hydroxyl groups is 1. The molecule has 0 fully saturated rings. The molecular formula is C16H14O5. The molecule has 0 saturated carbocycles. The van der Waals surface area contributed by atoms with Crippen LogP contribution in [0, 0.1) is 0 Å². The van der Waals surface area contributed by atoms with Gasteiger partial charge in [0.1, 0.15) is 17.2 Å². The Morgan fingerprint density at radius 2 is 1.95 bits per heavy atom. The molecule has 0 amide bonds. The van der Waals surface area contributed by atoms with Gasteiger partial charge in [-0.3, -0.25) is 4.79 Å². The summed E-state index contributed by atoms with van der Waals surface area (Å²) in [6, 6.07) is 11.4. The van der Waals surface area contributed by atoms with Gasteiger partial charge in [-0.2, -0.15) is 0 Å². The summed E-state index contributed by atoms with van der Waals surface area (Å²) in [5.41, 5.74) is 0.698. The van der Waals surface area contributed by atoms with E-state index in [2.05, 4.69) is 0 Å². The Morgan fingerprint density at radius 1 is 1.24 bits per heavy atom. The van der Waals surface area contributed by atoms with Crippen molar-refractivity contribution < 1.29 is 24.5 Å². The zero-order valence-corrected chi connectivity index (χ0v) is 11.4. The summed E-state index contributed by atoms with van der Waals surface area (Å²) in [6.45, 7) is 0. The summed E-state index contributed by atoms with van der Waals surface area (Å²) in [7, 11) is 1.46. The third-order valence-electron chi connectivity index (χ3n) is 3.53. The first-order valence-electron chi connectivity index (χ1n) is 6.44. The summed E-state index contributed by atoms with van der Waals surface area (Å²) in [5.74, 6) is -2.05. The fourth-order valence-electron chi connectivity index (χ4n) is 2.37. The van der Waals surface area contributed by atoms with Crippen molar-refractivity contribution in [1.82, 2.24) is 0 Å². The maximum absolute atomic E-state index is 12.3. The highest BCUT2D eigenvalue weighted by molar-refractivity contribution is 5.91. The summed E-state index contributed by atoms with van der Waals surface area (Å²) in [5, 5.41) is 20.6. The quantitative estimate of drug-likeness (QED) is 0.879. The third kappa shape index (κ3) is 2.11. The largest absolute Gasteiger partial charge is 0.507 e. The Hall–Kier alpha value is -2.53. The van der Waals surface area contributed by atoms with Crippen LogP contribution >= 0.6 is 0 Å². The molecule has 1 atom stereocenters. The molecule has 5 nitrogen and oxygen atoms in total. The zero-order valence-electron chi connectivity index (χ0n) is 11.4. The van der Waals surface area contributed by atoms with Gasteiger partial charge in [0.15, 0.2) is 0 Å². The van der Waals surface area contributed by atoms with E-state index in [1.54, 1.807) is 30.3 Å². The Kier molecular flexibility index (Phi) is 3.07. The molecule has 5 heteroatoms. The van der Waals surface area contributed by atoms with Gasteiger partial charge in [0.05, 0.1) is 7.11 Å². The molecule has 0 radical (unpaired) electrons. The first-order chi connectivity index (χ1) is 10.0. The Bertz CT molecular complexity index is 695. The lowest BCUT2D eigenvalue weighted by Gasteiger charge is -2.33. The predicted molar refractivity (Wildman–Crippen MR) is 74.3 cm³/mol. The second-order valence-corrected chi connectivity index (χ2v) is 4.84. The van der Waals surface area contributed by atoms with E-state index in [9.17, 15) is 15.0 Å². The van der Waals surface area contributed by atoms with Crippen molar-refractivity contribution in [3.05, 3.63) is 53.6 Å². The fourth-order valence-corrected chi connectivity index (χ4v) is 2.37. The number of methoxy groups -OCH3 is 1. The van der Waals surface area contributed by atoms with E-state index >= 15 is 0 Å². The van der Waals surface area contributed by atoms with Gasteiger partial charge in [0, 0.05) is 29.7 Å². The molecular weight excluding hydrogens is 272 g/mol. The number of ketones is 1. The predicted octanol–water partition coefficient (Wildman–Crippen LogP) is 1.75. The molecule has 2 N–H and O–H groups in total. The Balaban J connectivity index is 2.10. The second-order valence-electron chi connectivity index (χ2n) is 4.84. The van der Waals surface area contributed by atoms with E-state index in [4.69, 9.17) is 9.47 Å². The Labute approximate surface area is 121 Å². The maximum Gasteiger partial charge on any atom is 0.295 e. The smallest absolute Gasteiger partial charge is 0.295 e. The van der Waals surface area contributed by atoms with Gasteiger partial charge < -0.3 is 19.7 Å². The number of hydrogen-bond donors (Lipinski definition) is 2. The van der Waals surface area contributed by atoms with E-state index < -0.39 is 11.6 Å². The average molecular weight is 286 g/mol.